The summed E-state index contributed by atoms with van der Waals surface area (Å²) < 4.78 is 0.163. The van der Waals surface area contributed by atoms with Gasteiger partial charge in [0.05, 0.1) is 6.61 Å². The molecule has 5 heteroatoms. The van der Waals surface area contributed by atoms with Crippen LogP contribution in [0.25, 0.3) is 0 Å². The summed E-state index contributed by atoms with van der Waals surface area (Å²) in [7, 11) is 0. The lowest BCUT2D eigenvalue weighted by molar-refractivity contribution is 0.188. The summed E-state index contributed by atoms with van der Waals surface area (Å²) in [6, 6.07) is 5.93. The molecule has 0 radical (unpaired) electrons. The number of urea groups is 1. The van der Waals surface area contributed by atoms with Crippen molar-refractivity contribution in [3.63, 3.8) is 0 Å². The Kier molecular flexibility index (Phi) is 7.23. The Bertz CT molecular complexity index is 492. The Hall–Kier alpha value is -1.20. The van der Waals surface area contributed by atoms with E-state index in [1.54, 1.807) is 4.90 Å². The summed E-state index contributed by atoms with van der Waals surface area (Å²) in [5.41, 5.74) is 1.87. The number of aliphatic hydroxyl groups is 1. The Morgan fingerprint density at radius 3 is 2.50 bits per heavy atom. The number of benzene rings is 1. The van der Waals surface area contributed by atoms with Gasteiger partial charge < -0.3 is 15.3 Å². The average molecular weight is 324 g/mol. The molecule has 0 atom stereocenters. The molecule has 0 saturated carbocycles. The smallest absolute Gasteiger partial charge is 0.321 e. The summed E-state index contributed by atoms with van der Waals surface area (Å²) in [6.07, 6.45) is 0.869. The van der Waals surface area contributed by atoms with E-state index >= 15 is 0 Å². The van der Waals surface area contributed by atoms with Gasteiger partial charge in [0.2, 0.25) is 0 Å². The van der Waals surface area contributed by atoms with Crippen LogP contribution in [0.5, 0.6) is 0 Å². The highest BCUT2D eigenvalue weighted by atomic mass is 32.2. The molecule has 0 aliphatic rings. The van der Waals surface area contributed by atoms with Gasteiger partial charge in [0.25, 0.3) is 0 Å². The molecule has 0 fully saturated rings. The van der Waals surface area contributed by atoms with E-state index in [9.17, 15) is 4.79 Å². The molecule has 1 rings (SSSR count). The van der Waals surface area contributed by atoms with Gasteiger partial charge in [0, 0.05) is 28.4 Å². The molecule has 0 heterocycles. The van der Waals surface area contributed by atoms with Crippen LogP contribution in [0.15, 0.2) is 23.1 Å². The Morgan fingerprint density at radius 1 is 1.32 bits per heavy atom. The zero-order valence-corrected chi connectivity index (χ0v) is 15.1. The van der Waals surface area contributed by atoms with Gasteiger partial charge in [-0.15, -0.1) is 11.8 Å². The fraction of sp³-hybridized carbons (Fsp3) is 0.588. The van der Waals surface area contributed by atoms with Gasteiger partial charge in [-0.2, -0.15) is 0 Å². The molecule has 2 N–H and O–H groups in total. The van der Waals surface area contributed by atoms with Gasteiger partial charge in [-0.1, -0.05) is 27.7 Å². The largest absolute Gasteiger partial charge is 0.395 e. The number of aryl methyl sites for hydroxylation is 1. The maximum atomic E-state index is 12.3. The molecule has 1 aromatic carbocycles. The van der Waals surface area contributed by atoms with Crippen LogP contribution in [-0.2, 0) is 0 Å². The Labute approximate surface area is 138 Å². The molecule has 2 amide bonds. The predicted molar refractivity (Wildman–Crippen MR) is 94.8 cm³/mol. The van der Waals surface area contributed by atoms with Gasteiger partial charge in [0.1, 0.15) is 0 Å². The van der Waals surface area contributed by atoms with Crippen LogP contribution in [0.4, 0.5) is 10.5 Å². The number of amides is 2. The van der Waals surface area contributed by atoms with Crippen molar-refractivity contribution in [2.45, 2.75) is 50.7 Å². The Morgan fingerprint density at radius 2 is 2.00 bits per heavy atom. The third-order valence-corrected chi connectivity index (χ3v) is 4.12. The van der Waals surface area contributed by atoms with Crippen molar-refractivity contribution < 1.29 is 9.90 Å². The van der Waals surface area contributed by atoms with E-state index in [0.29, 0.717) is 13.1 Å². The molecule has 0 bridgehead atoms. The van der Waals surface area contributed by atoms with Gasteiger partial charge >= 0.3 is 6.03 Å². The molecule has 22 heavy (non-hydrogen) atoms. The van der Waals surface area contributed by atoms with E-state index in [1.807, 2.05) is 37.7 Å². The van der Waals surface area contributed by atoms with Crippen molar-refractivity contribution in [2.75, 3.05) is 25.0 Å². The van der Waals surface area contributed by atoms with Gasteiger partial charge in [0.15, 0.2) is 0 Å². The topological polar surface area (TPSA) is 52.6 Å². The number of thioether (sulfide) groups is 1. The first-order valence-corrected chi connectivity index (χ1v) is 8.55. The van der Waals surface area contributed by atoms with E-state index in [4.69, 9.17) is 5.11 Å². The number of nitrogens with zero attached hydrogens (tertiary/aromatic N) is 1. The van der Waals surface area contributed by atoms with Gasteiger partial charge in [-0.3, -0.25) is 0 Å². The van der Waals surface area contributed by atoms with Crippen molar-refractivity contribution in [1.29, 1.82) is 0 Å². The minimum atomic E-state index is -0.157. The molecule has 124 valence electrons. The van der Waals surface area contributed by atoms with Crippen LogP contribution in [0.3, 0.4) is 0 Å². The van der Waals surface area contributed by atoms with Crippen molar-refractivity contribution in [2.24, 2.45) is 0 Å². The van der Waals surface area contributed by atoms with Crippen molar-refractivity contribution in [1.82, 2.24) is 4.90 Å². The minimum absolute atomic E-state index is 0.0203. The fourth-order valence-corrected chi connectivity index (χ4v) is 3.17. The van der Waals surface area contributed by atoms with Crippen LogP contribution in [0.2, 0.25) is 0 Å². The first-order valence-electron chi connectivity index (χ1n) is 7.73. The lowest BCUT2D eigenvalue weighted by Gasteiger charge is -2.22. The molecule has 0 aliphatic heterocycles. The van der Waals surface area contributed by atoms with E-state index in [-0.39, 0.29) is 17.4 Å². The third kappa shape index (κ3) is 6.28. The number of carbonyl (C=O) groups excluding carboxylic acids is 1. The number of hydrogen-bond acceptors (Lipinski definition) is 3. The van der Waals surface area contributed by atoms with Crippen molar-refractivity contribution in [3.8, 4) is 0 Å². The Balaban J connectivity index is 2.79. The molecular weight excluding hydrogens is 296 g/mol. The second-order valence-electron chi connectivity index (χ2n) is 6.33. The van der Waals surface area contributed by atoms with Gasteiger partial charge in [-0.05, 0) is 37.1 Å². The van der Waals surface area contributed by atoms with Crippen molar-refractivity contribution >= 4 is 23.5 Å². The lowest BCUT2D eigenvalue weighted by Crippen LogP contribution is -2.37. The molecule has 0 unspecified atom stereocenters. The molecule has 0 aliphatic carbocycles. The van der Waals surface area contributed by atoms with E-state index in [0.717, 1.165) is 17.7 Å². The van der Waals surface area contributed by atoms with E-state index in [1.165, 1.54) is 4.90 Å². The van der Waals surface area contributed by atoms with Crippen molar-refractivity contribution in [3.05, 3.63) is 23.8 Å². The highest BCUT2D eigenvalue weighted by Gasteiger charge is 2.15. The molecule has 0 spiro atoms. The zero-order valence-electron chi connectivity index (χ0n) is 14.3. The molecule has 0 aromatic heterocycles. The third-order valence-electron chi connectivity index (χ3n) is 3.01. The summed E-state index contributed by atoms with van der Waals surface area (Å²) in [4.78, 5) is 15.1. The minimum Gasteiger partial charge on any atom is -0.395 e. The summed E-state index contributed by atoms with van der Waals surface area (Å²) in [6.45, 7) is 11.5. The highest BCUT2D eigenvalue weighted by Crippen LogP contribution is 2.33. The van der Waals surface area contributed by atoms with E-state index < -0.39 is 0 Å². The molecule has 0 saturated heterocycles. The zero-order chi connectivity index (χ0) is 16.8. The SMILES string of the molecule is CCCN(CCO)C(=O)Nc1ccc(SC(C)(C)C)cc1C. The van der Waals surface area contributed by atoms with E-state index in [2.05, 4.69) is 32.2 Å². The molecule has 4 nitrogen and oxygen atoms in total. The van der Waals surface area contributed by atoms with Gasteiger partial charge in [-0.25, -0.2) is 4.79 Å². The quantitative estimate of drug-likeness (QED) is 0.774. The average Bonchev–Trinajstić information content (AvgIpc) is 2.39. The van der Waals surface area contributed by atoms with Crippen LogP contribution in [0.1, 0.15) is 39.7 Å². The number of hydrogen-bond donors (Lipinski definition) is 2. The molecular formula is C17H28N2O2S. The normalized spacial score (nSPS) is 11.4. The fourth-order valence-electron chi connectivity index (χ4n) is 2.09. The molecule has 1 aromatic rings. The summed E-state index contributed by atoms with van der Waals surface area (Å²) >= 11 is 1.81. The first kappa shape index (κ1) is 18.8. The summed E-state index contributed by atoms with van der Waals surface area (Å²) in [5.74, 6) is 0. The van der Waals surface area contributed by atoms with Crippen LogP contribution >= 0.6 is 11.8 Å². The maximum Gasteiger partial charge on any atom is 0.321 e. The number of carbonyl (C=O) groups is 1. The predicted octanol–water partition coefficient (Wildman–Crippen LogP) is 4.12. The number of anilines is 1. The van der Waals surface area contributed by atoms with Crippen LogP contribution in [-0.4, -0.2) is 40.5 Å². The van der Waals surface area contributed by atoms with Crippen LogP contribution in [0, 0.1) is 6.92 Å². The number of rotatable bonds is 6. The lowest BCUT2D eigenvalue weighted by atomic mass is 10.2. The summed E-state index contributed by atoms with van der Waals surface area (Å²) in [5, 5.41) is 12.0. The second kappa shape index (κ2) is 8.44. The number of aliphatic hydroxyl groups excluding tert-OH is 1. The number of nitrogens with one attached hydrogen (secondary N) is 1. The first-order chi connectivity index (χ1) is 10.3. The standard InChI is InChI=1S/C17H28N2O2S/c1-6-9-19(10-11-20)16(21)18-15-8-7-14(12-13(15)2)22-17(3,4)5/h7-8,12,20H,6,9-11H2,1-5H3,(H,18,21). The maximum absolute atomic E-state index is 12.3. The van der Waals surface area contributed by atoms with Crippen LogP contribution < -0.4 is 5.32 Å². The monoisotopic (exact) mass is 324 g/mol. The second-order valence-corrected chi connectivity index (χ2v) is 8.23. The highest BCUT2D eigenvalue weighted by molar-refractivity contribution is 8.00.